The minimum atomic E-state index is -0.549. The summed E-state index contributed by atoms with van der Waals surface area (Å²) in [5.41, 5.74) is 5.02. The summed E-state index contributed by atoms with van der Waals surface area (Å²) in [5, 5.41) is 3.31. The summed E-state index contributed by atoms with van der Waals surface area (Å²) >= 11 is 0. The van der Waals surface area contributed by atoms with Crippen molar-refractivity contribution in [3.63, 3.8) is 0 Å². The highest BCUT2D eigenvalue weighted by molar-refractivity contribution is 5.84. The van der Waals surface area contributed by atoms with Gasteiger partial charge in [-0.3, -0.25) is 4.79 Å². The third-order valence-corrected chi connectivity index (χ3v) is 5.04. The Labute approximate surface area is 130 Å². The van der Waals surface area contributed by atoms with Crippen molar-refractivity contribution in [2.24, 2.45) is 17.6 Å². The molecule has 0 saturated carbocycles. The van der Waals surface area contributed by atoms with Crippen LogP contribution < -0.4 is 11.1 Å². The Morgan fingerprint density at radius 3 is 2.48 bits per heavy atom. The van der Waals surface area contributed by atoms with Crippen LogP contribution in [0.4, 0.5) is 0 Å². The first-order valence-electron chi connectivity index (χ1n) is 8.66. The summed E-state index contributed by atoms with van der Waals surface area (Å²) in [6.45, 7) is 13.1. The van der Waals surface area contributed by atoms with Crippen LogP contribution in [0.25, 0.3) is 0 Å². The van der Waals surface area contributed by atoms with Gasteiger partial charge in [0.1, 0.15) is 0 Å². The quantitative estimate of drug-likeness (QED) is 0.687. The molecule has 0 aliphatic carbocycles. The van der Waals surface area contributed by atoms with Gasteiger partial charge in [-0.2, -0.15) is 0 Å². The number of hydrogen-bond acceptors (Lipinski definition) is 3. The maximum absolute atomic E-state index is 11.7. The van der Waals surface area contributed by atoms with E-state index < -0.39 is 5.54 Å². The molecule has 1 saturated heterocycles. The van der Waals surface area contributed by atoms with Crippen LogP contribution in [0.1, 0.15) is 59.8 Å². The Balaban J connectivity index is 2.30. The molecule has 1 unspecified atom stereocenters. The molecule has 1 heterocycles. The maximum Gasteiger partial charge on any atom is 0.237 e. The van der Waals surface area contributed by atoms with Crippen molar-refractivity contribution < 1.29 is 4.79 Å². The van der Waals surface area contributed by atoms with Crippen molar-refractivity contribution in [3.8, 4) is 0 Å². The van der Waals surface area contributed by atoms with Crippen molar-refractivity contribution in [2.75, 3.05) is 26.2 Å². The van der Waals surface area contributed by atoms with Crippen LogP contribution in [-0.4, -0.2) is 42.5 Å². The molecule has 0 aromatic carbocycles. The summed E-state index contributed by atoms with van der Waals surface area (Å²) in [6.07, 6.45) is 5.51. The molecule has 1 aliphatic heterocycles. The van der Waals surface area contributed by atoms with Gasteiger partial charge in [0.15, 0.2) is 0 Å². The van der Waals surface area contributed by atoms with E-state index in [0.717, 1.165) is 44.2 Å². The van der Waals surface area contributed by atoms with Gasteiger partial charge in [-0.15, -0.1) is 0 Å². The number of piperidine rings is 1. The number of carbonyl (C=O) groups is 1. The fourth-order valence-electron chi connectivity index (χ4n) is 3.20. The van der Waals surface area contributed by atoms with Crippen LogP contribution in [-0.2, 0) is 4.79 Å². The van der Waals surface area contributed by atoms with E-state index in [-0.39, 0.29) is 5.91 Å². The molecule has 1 atom stereocenters. The number of nitrogens with zero attached hydrogens (tertiary/aromatic N) is 1. The first kappa shape index (κ1) is 18.4. The summed E-state index contributed by atoms with van der Waals surface area (Å²) in [7, 11) is 0. The molecule has 124 valence electrons. The normalized spacial score (nSPS) is 20.6. The first-order valence-corrected chi connectivity index (χ1v) is 8.66. The second kappa shape index (κ2) is 8.74. The van der Waals surface area contributed by atoms with E-state index in [2.05, 4.69) is 31.0 Å². The van der Waals surface area contributed by atoms with Gasteiger partial charge in [-0.05, 0) is 77.0 Å². The van der Waals surface area contributed by atoms with Crippen LogP contribution >= 0.6 is 0 Å². The van der Waals surface area contributed by atoms with Gasteiger partial charge in [0.2, 0.25) is 5.91 Å². The molecule has 0 bridgehead atoms. The summed E-state index contributed by atoms with van der Waals surface area (Å²) in [4.78, 5) is 14.2. The zero-order chi connectivity index (χ0) is 15.9. The molecule has 1 rings (SSSR count). The van der Waals surface area contributed by atoms with Gasteiger partial charge in [-0.25, -0.2) is 0 Å². The number of rotatable bonds is 9. The lowest BCUT2D eigenvalue weighted by Crippen LogP contribution is -2.53. The number of primary amides is 1. The molecule has 21 heavy (non-hydrogen) atoms. The number of carbonyl (C=O) groups excluding carboxylic acids is 1. The zero-order valence-electron chi connectivity index (χ0n) is 14.5. The molecule has 4 nitrogen and oxygen atoms in total. The molecule has 0 spiro atoms. The minimum absolute atomic E-state index is 0.227. The van der Waals surface area contributed by atoms with E-state index in [1.54, 1.807) is 0 Å². The number of nitrogens with two attached hydrogens (primary N) is 1. The lowest BCUT2D eigenvalue weighted by atomic mass is 9.86. The van der Waals surface area contributed by atoms with E-state index in [4.69, 9.17) is 5.73 Å². The molecule has 1 amide bonds. The lowest BCUT2D eigenvalue weighted by molar-refractivity contribution is -0.124. The van der Waals surface area contributed by atoms with Gasteiger partial charge in [0.05, 0.1) is 5.54 Å². The summed E-state index contributed by atoms with van der Waals surface area (Å²) in [6, 6.07) is 0. The third kappa shape index (κ3) is 5.95. The van der Waals surface area contributed by atoms with Gasteiger partial charge >= 0.3 is 0 Å². The number of amides is 1. The molecular formula is C17H35N3O. The topological polar surface area (TPSA) is 58.4 Å². The van der Waals surface area contributed by atoms with E-state index >= 15 is 0 Å². The van der Waals surface area contributed by atoms with E-state index in [1.165, 1.54) is 25.9 Å². The highest BCUT2D eigenvalue weighted by atomic mass is 16.1. The molecule has 1 fully saturated rings. The van der Waals surface area contributed by atoms with Gasteiger partial charge < -0.3 is 16.0 Å². The molecule has 0 radical (unpaired) electrons. The average Bonchev–Trinajstić information content (AvgIpc) is 2.45. The second-order valence-electron chi connectivity index (χ2n) is 7.15. The Bertz CT molecular complexity index is 311. The second-order valence-corrected chi connectivity index (χ2v) is 7.15. The molecule has 0 aromatic rings. The Kier molecular flexibility index (Phi) is 7.67. The molecule has 3 N–H and O–H groups in total. The number of hydrogen-bond donors (Lipinski definition) is 2. The maximum atomic E-state index is 11.7. The highest BCUT2D eigenvalue weighted by Crippen LogP contribution is 2.24. The third-order valence-electron chi connectivity index (χ3n) is 5.04. The average molecular weight is 297 g/mol. The lowest BCUT2D eigenvalue weighted by Gasteiger charge is -2.34. The fourth-order valence-corrected chi connectivity index (χ4v) is 3.20. The predicted molar refractivity (Wildman–Crippen MR) is 89.1 cm³/mol. The predicted octanol–water partition coefficient (Wildman–Crippen LogP) is 2.38. The zero-order valence-corrected chi connectivity index (χ0v) is 14.5. The summed E-state index contributed by atoms with van der Waals surface area (Å²) in [5.74, 6) is 1.47. The first-order chi connectivity index (χ1) is 9.89. The van der Waals surface area contributed by atoms with Crippen molar-refractivity contribution in [1.82, 2.24) is 10.2 Å². The number of nitrogens with one attached hydrogen (secondary N) is 1. The SMILES string of the molecule is CCCNC(C)(CCCN1CCC(C(C)C)CC1)C(N)=O. The van der Waals surface area contributed by atoms with Gasteiger partial charge in [0, 0.05) is 0 Å². The summed E-state index contributed by atoms with van der Waals surface area (Å²) < 4.78 is 0. The van der Waals surface area contributed by atoms with Gasteiger partial charge in [0.25, 0.3) is 0 Å². The Morgan fingerprint density at radius 1 is 1.38 bits per heavy atom. The van der Waals surface area contributed by atoms with Crippen LogP contribution in [0.15, 0.2) is 0 Å². The van der Waals surface area contributed by atoms with Crippen LogP contribution in [0.5, 0.6) is 0 Å². The van der Waals surface area contributed by atoms with Crippen molar-refractivity contribution in [3.05, 3.63) is 0 Å². The number of likely N-dealkylation sites (tertiary alicyclic amines) is 1. The fraction of sp³-hybridized carbons (Fsp3) is 0.941. The van der Waals surface area contributed by atoms with E-state index in [9.17, 15) is 4.79 Å². The van der Waals surface area contributed by atoms with E-state index in [1.807, 2.05) is 6.92 Å². The van der Waals surface area contributed by atoms with E-state index in [0.29, 0.717) is 0 Å². The van der Waals surface area contributed by atoms with Crippen molar-refractivity contribution >= 4 is 5.91 Å². The largest absolute Gasteiger partial charge is 0.368 e. The van der Waals surface area contributed by atoms with Crippen LogP contribution in [0.3, 0.4) is 0 Å². The van der Waals surface area contributed by atoms with Gasteiger partial charge in [-0.1, -0.05) is 20.8 Å². The van der Waals surface area contributed by atoms with Crippen molar-refractivity contribution in [2.45, 2.75) is 65.3 Å². The molecule has 0 aromatic heterocycles. The van der Waals surface area contributed by atoms with Crippen molar-refractivity contribution in [1.29, 1.82) is 0 Å². The molecule has 4 heteroatoms. The van der Waals surface area contributed by atoms with Crippen LogP contribution in [0, 0.1) is 11.8 Å². The molecular weight excluding hydrogens is 262 g/mol. The standard InChI is InChI=1S/C17H35N3O/c1-5-10-19-17(4,16(18)21)9-6-11-20-12-7-15(8-13-20)14(2)3/h14-15,19H,5-13H2,1-4H3,(H2,18,21). The molecule has 1 aliphatic rings. The van der Waals surface area contributed by atoms with Crippen LogP contribution in [0.2, 0.25) is 0 Å². The monoisotopic (exact) mass is 297 g/mol. The smallest absolute Gasteiger partial charge is 0.237 e. The minimum Gasteiger partial charge on any atom is -0.368 e. The Morgan fingerprint density at radius 2 is 2.00 bits per heavy atom. The Hall–Kier alpha value is -0.610. The highest BCUT2D eigenvalue weighted by Gasteiger charge is 2.30.